The molecule has 0 radical (unpaired) electrons. The first kappa shape index (κ1) is 20.9. The lowest BCUT2D eigenvalue weighted by Crippen LogP contribution is -2.33. The molecule has 0 aromatic heterocycles. The molecule has 4 nitrogen and oxygen atoms in total. The van der Waals surface area contributed by atoms with Crippen LogP contribution in [0.15, 0.2) is 48.5 Å². The van der Waals surface area contributed by atoms with Crippen molar-refractivity contribution in [3.05, 3.63) is 65.2 Å². The van der Waals surface area contributed by atoms with Gasteiger partial charge < -0.3 is 15.4 Å². The topological polar surface area (TPSA) is 50.4 Å². The fourth-order valence-electron chi connectivity index (χ4n) is 2.85. The average molecular weight is 385 g/mol. The van der Waals surface area contributed by atoms with Gasteiger partial charge in [0.05, 0.1) is 18.2 Å². The molecule has 2 aromatic rings. The van der Waals surface area contributed by atoms with Crippen molar-refractivity contribution in [2.24, 2.45) is 5.92 Å². The van der Waals surface area contributed by atoms with Gasteiger partial charge in [0.15, 0.2) is 5.11 Å². The molecule has 0 saturated carbocycles. The number of esters is 1. The van der Waals surface area contributed by atoms with E-state index < -0.39 is 0 Å². The van der Waals surface area contributed by atoms with Crippen molar-refractivity contribution in [3.8, 4) is 0 Å². The molecule has 0 unspecified atom stereocenters. The third-order valence-corrected chi connectivity index (χ3v) is 4.43. The Morgan fingerprint density at radius 3 is 2.48 bits per heavy atom. The molecule has 2 rings (SSSR count). The summed E-state index contributed by atoms with van der Waals surface area (Å²) >= 11 is 5.55. The second kappa shape index (κ2) is 10.1. The van der Waals surface area contributed by atoms with E-state index in [9.17, 15) is 4.79 Å². The van der Waals surface area contributed by atoms with E-state index >= 15 is 0 Å². The highest BCUT2D eigenvalue weighted by Gasteiger charge is 2.15. The lowest BCUT2D eigenvalue weighted by Gasteiger charge is -2.23. The average Bonchev–Trinajstić information content (AvgIpc) is 2.63. The minimum absolute atomic E-state index is 0.125. The maximum Gasteiger partial charge on any atom is 0.338 e. The van der Waals surface area contributed by atoms with Crippen LogP contribution < -0.4 is 10.6 Å². The van der Waals surface area contributed by atoms with Crippen LogP contribution in [-0.2, 0) is 4.74 Å². The first-order valence-electron chi connectivity index (χ1n) is 9.31. The molecule has 2 N–H and O–H groups in total. The second-order valence-electron chi connectivity index (χ2n) is 6.94. The Kier molecular flexibility index (Phi) is 7.80. The molecule has 0 spiro atoms. The van der Waals surface area contributed by atoms with Crippen molar-refractivity contribution in [2.75, 3.05) is 11.9 Å². The second-order valence-corrected chi connectivity index (χ2v) is 7.35. The Bertz CT molecular complexity index is 775. The molecule has 0 aliphatic carbocycles. The number of rotatable bonds is 7. The number of carbonyl (C=O) groups excluding carboxylic acids is 1. The molecule has 0 aliphatic rings. The van der Waals surface area contributed by atoms with Crippen LogP contribution in [0, 0.1) is 12.8 Å². The number of carbonyl (C=O) groups is 1. The van der Waals surface area contributed by atoms with Crippen LogP contribution in [0.4, 0.5) is 5.69 Å². The van der Waals surface area contributed by atoms with E-state index in [1.807, 2.05) is 31.2 Å². The summed E-state index contributed by atoms with van der Waals surface area (Å²) in [5, 5.41) is 7.19. The van der Waals surface area contributed by atoms with Gasteiger partial charge in [0.25, 0.3) is 0 Å². The third kappa shape index (κ3) is 6.36. The van der Waals surface area contributed by atoms with Gasteiger partial charge in [-0.3, -0.25) is 0 Å². The predicted octanol–water partition coefficient (Wildman–Crippen LogP) is 5.25. The Labute approximate surface area is 167 Å². The standard InChI is InChI=1S/C22H28N2O2S/c1-5-26-21(25)18-12-11-16(4)19(14-18)23-22(27)24-20(13-15(2)3)17-9-7-6-8-10-17/h6-12,14-15,20H,5,13H2,1-4H3,(H2,23,24,27)/t20-/m0/s1. The van der Waals surface area contributed by atoms with Gasteiger partial charge in [-0.15, -0.1) is 0 Å². The zero-order chi connectivity index (χ0) is 19.8. The van der Waals surface area contributed by atoms with Gasteiger partial charge in [-0.1, -0.05) is 50.2 Å². The first-order chi connectivity index (χ1) is 12.9. The number of ether oxygens (including phenoxy) is 1. The maximum absolute atomic E-state index is 12.0. The molecule has 0 heterocycles. The molecule has 0 aliphatic heterocycles. The highest BCUT2D eigenvalue weighted by Crippen LogP contribution is 2.22. The highest BCUT2D eigenvalue weighted by molar-refractivity contribution is 7.80. The van der Waals surface area contributed by atoms with E-state index in [2.05, 4.69) is 36.6 Å². The van der Waals surface area contributed by atoms with Crippen LogP contribution in [0.25, 0.3) is 0 Å². The molecule has 0 amide bonds. The minimum Gasteiger partial charge on any atom is -0.462 e. The Balaban J connectivity index is 2.13. The van der Waals surface area contributed by atoms with E-state index in [4.69, 9.17) is 17.0 Å². The lowest BCUT2D eigenvalue weighted by atomic mass is 9.97. The van der Waals surface area contributed by atoms with Gasteiger partial charge in [0.2, 0.25) is 0 Å². The number of hydrogen-bond acceptors (Lipinski definition) is 3. The van der Waals surface area contributed by atoms with Gasteiger partial charge in [0, 0.05) is 5.69 Å². The van der Waals surface area contributed by atoms with Crippen LogP contribution in [0.3, 0.4) is 0 Å². The van der Waals surface area contributed by atoms with E-state index in [0.29, 0.717) is 23.2 Å². The molecule has 0 fully saturated rings. The van der Waals surface area contributed by atoms with Crippen molar-refractivity contribution in [1.82, 2.24) is 5.32 Å². The van der Waals surface area contributed by atoms with Crippen molar-refractivity contribution in [3.63, 3.8) is 0 Å². The van der Waals surface area contributed by atoms with Crippen molar-refractivity contribution in [1.29, 1.82) is 0 Å². The number of benzene rings is 2. The molecule has 1 atom stereocenters. The quantitative estimate of drug-likeness (QED) is 0.505. The smallest absolute Gasteiger partial charge is 0.338 e. The molecular weight excluding hydrogens is 356 g/mol. The molecule has 2 aromatic carbocycles. The van der Waals surface area contributed by atoms with Gasteiger partial charge in [-0.25, -0.2) is 4.79 Å². The number of aryl methyl sites for hydroxylation is 1. The largest absolute Gasteiger partial charge is 0.462 e. The normalized spacial score (nSPS) is 11.7. The first-order valence-corrected chi connectivity index (χ1v) is 9.71. The van der Waals surface area contributed by atoms with Crippen molar-refractivity contribution < 1.29 is 9.53 Å². The fourth-order valence-corrected chi connectivity index (χ4v) is 3.10. The van der Waals surface area contributed by atoms with Crippen molar-refractivity contribution >= 4 is 29.0 Å². The summed E-state index contributed by atoms with van der Waals surface area (Å²) in [4.78, 5) is 12.0. The van der Waals surface area contributed by atoms with Crippen molar-refractivity contribution in [2.45, 2.75) is 40.2 Å². The van der Waals surface area contributed by atoms with Gasteiger partial charge in [-0.05, 0) is 61.7 Å². The van der Waals surface area contributed by atoms with E-state index in [1.165, 1.54) is 5.56 Å². The summed E-state index contributed by atoms with van der Waals surface area (Å²) in [6, 6.07) is 15.9. The SMILES string of the molecule is CCOC(=O)c1ccc(C)c(NC(=S)N[C@@H](CC(C)C)c2ccccc2)c1. The summed E-state index contributed by atoms with van der Waals surface area (Å²) in [6.07, 6.45) is 0.966. The summed E-state index contributed by atoms with van der Waals surface area (Å²) in [6.45, 7) is 8.51. The molecule has 144 valence electrons. The minimum atomic E-state index is -0.332. The van der Waals surface area contributed by atoms with Gasteiger partial charge >= 0.3 is 5.97 Å². The lowest BCUT2D eigenvalue weighted by molar-refractivity contribution is 0.0526. The number of hydrogen-bond donors (Lipinski definition) is 2. The van der Waals surface area contributed by atoms with Crippen LogP contribution >= 0.6 is 12.2 Å². The van der Waals surface area contributed by atoms with Crippen LogP contribution in [-0.4, -0.2) is 17.7 Å². The maximum atomic E-state index is 12.0. The predicted molar refractivity (Wildman–Crippen MR) is 115 cm³/mol. The number of thiocarbonyl (C=S) groups is 1. The zero-order valence-electron chi connectivity index (χ0n) is 16.4. The number of anilines is 1. The monoisotopic (exact) mass is 384 g/mol. The van der Waals surface area contributed by atoms with Crippen LogP contribution in [0.5, 0.6) is 0 Å². The summed E-state index contributed by atoms with van der Waals surface area (Å²) in [5.74, 6) is 0.195. The van der Waals surface area contributed by atoms with E-state index in [1.54, 1.807) is 19.1 Å². The number of nitrogens with one attached hydrogen (secondary N) is 2. The third-order valence-electron chi connectivity index (χ3n) is 4.21. The van der Waals surface area contributed by atoms with Crippen LogP contribution in [0.2, 0.25) is 0 Å². The van der Waals surface area contributed by atoms with E-state index in [-0.39, 0.29) is 12.0 Å². The summed E-state index contributed by atoms with van der Waals surface area (Å²) < 4.78 is 5.08. The van der Waals surface area contributed by atoms with Gasteiger partial charge in [-0.2, -0.15) is 0 Å². The Morgan fingerprint density at radius 2 is 1.85 bits per heavy atom. The Hall–Kier alpha value is -2.40. The molecule has 5 heteroatoms. The summed E-state index contributed by atoms with van der Waals surface area (Å²) in [5.41, 5.74) is 3.52. The van der Waals surface area contributed by atoms with Crippen LogP contribution in [0.1, 0.15) is 54.7 Å². The molecule has 0 saturated heterocycles. The Morgan fingerprint density at radius 1 is 1.15 bits per heavy atom. The highest BCUT2D eigenvalue weighted by atomic mass is 32.1. The van der Waals surface area contributed by atoms with Gasteiger partial charge in [0.1, 0.15) is 0 Å². The molecular formula is C22H28N2O2S. The van der Waals surface area contributed by atoms with E-state index in [0.717, 1.165) is 17.7 Å². The fraction of sp³-hybridized carbons (Fsp3) is 0.364. The summed E-state index contributed by atoms with van der Waals surface area (Å²) in [7, 11) is 0. The molecule has 0 bridgehead atoms. The molecule has 27 heavy (non-hydrogen) atoms. The zero-order valence-corrected chi connectivity index (χ0v) is 17.2.